The van der Waals surface area contributed by atoms with Crippen LogP contribution in [0.2, 0.25) is 0 Å². The molecule has 7 nitrogen and oxygen atoms in total. The van der Waals surface area contributed by atoms with Gasteiger partial charge in [-0.2, -0.15) is 13.2 Å². The largest absolute Gasteiger partial charge is 0.490 e. The lowest BCUT2D eigenvalue weighted by molar-refractivity contribution is -0.192. The van der Waals surface area contributed by atoms with Gasteiger partial charge >= 0.3 is 12.1 Å². The molecule has 0 saturated heterocycles. The second-order valence-corrected chi connectivity index (χ2v) is 8.35. The monoisotopic (exact) mass is 513 g/mol. The van der Waals surface area contributed by atoms with E-state index in [0.29, 0.717) is 12.1 Å². The van der Waals surface area contributed by atoms with Gasteiger partial charge in [0.1, 0.15) is 6.04 Å². The molecule has 1 aliphatic rings. The lowest BCUT2D eigenvalue weighted by Crippen LogP contribution is -2.37. The Bertz CT molecular complexity index is 1260. The Kier molecular flexibility index (Phi) is 9.02. The summed E-state index contributed by atoms with van der Waals surface area (Å²) in [5, 5.41) is 13.0. The van der Waals surface area contributed by atoms with Gasteiger partial charge in [-0.1, -0.05) is 48.5 Å². The van der Waals surface area contributed by atoms with Gasteiger partial charge in [-0.3, -0.25) is 9.59 Å². The predicted octanol–water partition coefficient (Wildman–Crippen LogP) is 4.38. The van der Waals surface area contributed by atoms with Crippen molar-refractivity contribution in [1.82, 2.24) is 5.32 Å². The van der Waals surface area contributed by atoms with Crippen molar-refractivity contribution in [2.75, 3.05) is 5.32 Å². The van der Waals surface area contributed by atoms with Crippen molar-refractivity contribution >= 4 is 23.5 Å². The van der Waals surface area contributed by atoms with Crippen molar-refractivity contribution in [1.29, 1.82) is 0 Å². The first kappa shape index (κ1) is 27.4. The minimum Gasteiger partial charge on any atom is -0.475 e. The number of carbonyl (C=O) groups is 3. The average Bonchev–Trinajstić information content (AvgIpc) is 3.35. The first-order valence-electron chi connectivity index (χ1n) is 11.5. The highest BCUT2D eigenvalue weighted by molar-refractivity contribution is 6.01. The zero-order valence-corrected chi connectivity index (χ0v) is 19.7. The number of benzene rings is 3. The Balaban J connectivity index is 0.000000479. The number of hydrogen-bond acceptors (Lipinski definition) is 4. The SMILES string of the molecule is NCc1cccc(C(=O)N[C@@H](C(=O)Nc2ccc3c(c2)CCC3)c2ccccc2)c1.O=C(O)C(F)(F)F. The quantitative estimate of drug-likeness (QED) is 0.390. The molecule has 0 aliphatic heterocycles. The summed E-state index contributed by atoms with van der Waals surface area (Å²) in [5.74, 6) is -3.35. The molecule has 10 heteroatoms. The smallest absolute Gasteiger partial charge is 0.475 e. The number of rotatable bonds is 6. The molecule has 1 aliphatic carbocycles. The maximum atomic E-state index is 13.2. The van der Waals surface area contributed by atoms with E-state index in [0.717, 1.165) is 36.1 Å². The summed E-state index contributed by atoms with van der Waals surface area (Å²) in [6, 6.07) is 21.6. The average molecular weight is 514 g/mol. The van der Waals surface area contributed by atoms with Crippen LogP contribution in [0, 0.1) is 0 Å². The second-order valence-electron chi connectivity index (χ2n) is 8.35. The lowest BCUT2D eigenvalue weighted by atomic mass is 10.0. The molecule has 0 aromatic heterocycles. The van der Waals surface area contributed by atoms with Gasteiger partial charge in [-0.25, -0.2) is 4.79 Å². The van der Waals surface area contributed by atoms with E-state index in [-0.39, 0.29) is 11.8 Å². The third kappa shape index (κ3) is 7.65. The number of alkyl halides is 3. The molecular formula is C27H26F3N3O4. The topological polar surface area (TPSA) is 122 Å². The molecule has 0 heterocycles. The Labute approximate surface area is 211 Å². The Morgan fingerprint density at radius 2 is 1.59 bits per heavy atom. The van der Waals surface area contributed by atoms with Gasteiger partial charge in [-0.15, -0.1) is 0 Å². The molecular weight excluding hydrogens is 487 g/mol. The number of carbonyl (C=O) groups excluding carboxylic acids is 2. The van der Waals surface area contributed by atoms with Gasteiger partial charge in [0, 0.05) is 17.8 Å². The number of aryl methyl sites for hydroxylation is 2. The molecule has 194 valence electrons. The third-order valence-electron chi connectivity index (χ3n) is 5.70. The van der Waals surface area contributed by atoms with Crippen molar-refractivity contribution in [3.05, 3.63) is 101 Å². The number of amides is 2. The number of hydrogen-bond donors (Lipinski definition) is 4. The molecule has 4 rings (SSSR count). The normalized spacial score (nSPS) is 13.0. The summed E-state index contributed by atoms with van der Waals surface area (Å²) in [6.45, 7) is 0.349. The molecule has 37 heavy (non-hydrogen) atoms. The van der Waals surface area contributed by atoms with Crippen molar-refractivity contribution < 1.29 is 32.7 Å². The summed E-state index contributed by atoms with van der Waals surface area (Å²) < 4.78 is 31.7. The highest BCUT2D eigenvalue weighted by Crippen LogP contribution is 2.26. The van der Waals surface area contributed by atoms with Crippen LogP contribution < -0.4 is 16.4 Å². The van der Waals surface area contributed by atoms with Crippen LogP contribution in [0.15, 0.2) is 72.8 Å². The van der Waals surface area contributed by atoms with Crippen LogP contribution in [0.5, 0.6) is 0 Å². The highest BCUT2D eigenvalue weighted by atomic mass is 19.4. The number of fused-ring (bicyclic) bond motifs is 1. The summed E-state index contributed by atoms with van der Waals surface area (Å²) in [4.78, 5) is 34.9. The standard InChI is InChI=1S/C25H25N3O2.C2HF3O2/c26-16-17-6-4-11-21(14-17)24(29)28-23(19-7-2-1-3-8-19)25(30)27-22-13-12-18-9-5-10-20(18)15-22;3-2(4,5)1(6)7/h1-4,6-8,11-15,23H,5,9-10,16,26H2,(H,27,30)(H,28,29);(H,6,7)/t23-;/m1./s1. The summed E-state index contributed by atoms with van der Waals surface area (Å²) in [5.41, 5.74) is 11.1. The predicted molar refractivity (Wildman–Crippen MR) is 132 cm³/mol. The van der Waals surface area contributed by atoms with Crippen molar-refractivity contribution in [3.8, 4) is 0 Å². The Hall–Kier alpha value is -4.18. The Morgan fingerprint density at radius 3 is 2.24 bits per heavy atom. The fourth-order valence-electron chi connectivity index (χ4n) is 3.86. The van der Waals surface area contributed by atoms with E-state index in [9.17, 15) is 22.8 Å². The van der Waals surface area contributed by atoms with Crippen LogP contribution in [-0.4, -0.2) is 29.1 Å². The van der Waals surface area contributed by atoms with Gasteiger partial charge in [0.25, 0.3) is 11.8 Å². The zero-order chi connectivity index (χ0) is 27.0. The van der Waals surface area contributed by atoms with E-state index in [2.05, 4.69) is 16.7 Å². The molecule has 2 amide bonds. The second kappa shape index (κ2) is 12.2. The maximum absolute atomic E-state index is 13.2. The van der Waals surface area contributed by atoms with Gasteiger partial charge in [0.2, 0.25) is 0 Å². The third-order valence-corrected chi connectivity index (χ3v) is 5.70. The van der Waals surface area contributed by atoms with Gasteiger partial charge < -0.3 is 21.5 Å². The fourth-order valence-corrected chi connectivity index (χ4v) is 3.86. The van der Waals surface area contributed by atoms with E-state index < -0.39 is 18.2 Å². The first-order chi connectivity index (χ1) is 17.6. The number of anilines is 1. The van der Waals surface area contributed by atoms with E-state index in [4.69, 9.17) is 15.6 Å². The highest BCUT2D eigenvalue weighted by Gasteiger charge is 2.38. The molecule has 1 atom stereocenters. The van der Waals surface area contributed by atoms with Gasteiger partial charge in [-0.05, 0) is 65.8 Å². The summed E-state index contributed by atoms with van der Waals surface area (Å²) in [7, 11) is 0. The van der Waals surface area contributed by atoms with E-state index >= 15 is 0 Å². The molecule has 0 saturated carbocycles. The number of carboxylic acid groups (broad SMARTS) is 1. The van der Waals surface area contributed by atoms with E-state index in [1.165, 1.54) is 11.1 Å². The molecule has 3 aromatic carbocycles. The lowest BCUT2D eigenvalue weighted by Gasteiger charge is -2.19. The maximum Gasteiger partial charge on any atom is 0.490 e. The van der Waals surface area contributed by atoms with Crippen molar-refractivity contribution in [2.45, 2.75) is 38.0 Å². The molecule has 0 unspecified atom stereocenters. The zero-order valence-electron chi connectivity index (χ0n) is 19.7. The number of nitrogens with one attached hydrogen (secondary N) is 2. The van der Waals surface area contributed by atoms with Crippen LogP contribution in [-0.2, 0) is 29.0 Å². The number of halogens is 3. The number of carboxylic acids is 1. The van der Waals surface area contributed by atoms with Crippen LogP contribution in [0.4, 0.5) is 18.9 Å². The minimum atomic E-state index is -5.08. The minimum absolute atomic E-state index is 0.275. The van der Waals surface area contributed by atoms with E-state index in [1.54, 1.807) is 18.2 Å². The number of nitrogens with two attached hydrogens (primary N) is 1. The van der Waals surface area contributed by atoms with Gasteiger partial charge in [0.15, 0.2) is 0 Å². The van der Waals surface area contributed by atoms with Crippen LogP contribution >= 0.6 is 0 Å². The fraction of sp³-hybridized carbons (Fsp3) is 0.222. The molecule has 3 aromatic rings. The Morgan fingerprint density at radius 1 is 0.919 bits per heavy atom. The summed E-state index contributed by atoms with van der Waals surface area (Å²) in [6.07, 6.45) is -1.80. The summed E-state index contributed by atoms with van der Waals surface area (Å²) >= 11 is 0. The first-order valence-corrected chi connectivity index (χ1v) is 11.5. The number of aliphatic carboxylic acids is 1. The molecule has 5 N–H and O–H groups in total. The molecule has 0 radical (unpaired) electrons. The molecule has 0 bridgehead atoms. The van der Waals surface area contributed by atoms with Crippen molar-refractivity contribution in [2.24, 2.45) is 5.73 Å². The van der Waals surface area contributed by atoms with Crippen LogP contribution in [0.25, 0.3) is 0 Å². The van der Waals surface area contributed by atoms with Crippen molar-refractivity contribution in [3.63, 3.8) is 0 Å². The molecule has 0 fully saturated rings. The van der Waals surface area contributed by atoms with Gasteiger partial charge in [0.05, 0.1) is 0 Å². The molecule has 0 spiro atoms. The van der Waals surface area contributed by atoms with Crippen LogP contribution in [0.3, 0.4) is 0 Å². The van der Waals surface area contributed by atoms with Crippen LogP contribution in [0.1, 0.15) is 45.1 Å². The van der Waals surface area contributed by atoms with E-state index in [1.807, 2.05) is 48.5 Å².